The smallest absolute Gasteiger partial charge is 0.325 e. The molecular weight excluding hydrogens is 402 g/mol. The summed E-state index contributed by atoms with van der Waals surface area (Å²) in [6, 6.07) is 25.6. The summed E-state index contributed by atoms with van der Waals surface area (Å²) in [4.78, 5) is 43.8. The highest BCUT2D eigenvalue weighted by molar-refractivity contribution is 6.14. The number of Topliss-reactive ketones (excluding diaryl/α,β-unsaturated/α-hetero) is 1. The number of imide groups is 1. The van der Waals surface area contributed by atoms with Gasteiger partial charge in [0, 0.05) is 29.1 Å². The van der Waals surface area contributed by atoms with Gasteiger partial charge in [0.2, 0.25) is 0 Å². The molecule has 3 aromatic carbocycles. The molecule has 1 fully saturated rings. The molecule has 2 N–H and O–H groups in total. The maximum absolute atomic E-state index is 13.7. The Morgan fingerprint density at radius 3 is 2.25 bits per heavy atom. The normalized spacial score (nSPS) is 18.2. The lowest BCUT2D eigenvalue weighted by atomic mass is 9.83. The molecule has 6 heteroatoms. The van der Waals surface area contributed by atoms with Crippen molar-refractivity contribution in [2.75, 3.05) is 6.54 Å². The number of urea groups is 1. The van der Waals surface area contributed by atoms with Gasteiger partial charge in [-0.2, -0.15) is 0 Å². The third-order valence-electron chi connectivity index (χ3n) is 5.95. The Morgan fingerprint density at radius 1 is 0.844 bits per heavy atom. The first-order valence-corrected chi connectivity index (χ1v) is 10.4. The highest BCUT2D eigenvalue weighted by Gasteiger charge is 2.52. The van der Waals surface area contributed by atoms with E-state index in [0.29, 0.717) is 17.5 Å². The summed E-state index contributed by atoms with van der Waals surface area (Å²) < 4.78 is 0. The Bertz CT molecular complexity index is 1310. The van der Waals surface area contributed by atoms with Crippen LogP contribution in [0.25, 0.3) is 10.9 Å². The highest BCUT2D eigenvalue weighted by atomic mass is 16.2. The number of carbonyl (C=O) groups is 3. The van der Waals surface area contributed by atoms with E-state index in [-0.39, 0.29) is 12.3 Å². The fourth-order valence-corrected chi connectivity index (χ4v) is 4.34. The molecule has 1 aromatic heterocycles. The van der Waals surface area contributed by atoms with Crippen LogP contribution in [0.2, 0.25) is 0 Å². The van der Waals surface area contributed by atoms with Crippen molar-refractivity contribution in [1.29, 1.82) is 0 Å². The quantitative estimate of drug-likeness (QED) is 0.363. The fourth-order valence-electron chi connectivity index (χ4n) is 4.34. The lowest BCUT2D eigenvalue weighted by molar-refractivity contribution is -0.131. The van der Waals surface area contributed by atoms with Crippen molar-refractivity contribution in [3.8, 4) is 0 Å². The molecule has 0 radical (unpaired) electrons. The molecule has 0 bridgehead atoms. The number of nitrogens with one attached hydrogen (secondary N) is 2. The summed E-state index contributed by atoms with van der Waals surface area (Å²) >= 11 is 0. The Balaban J connectivity index is 1.49. The van der Waals surface area contributed by atoms with Crippen LogP contribution in [0, 0.1) is 0 Å². The number of nitrogens with zero attached hydrogens (tertiary/aromatic N) is 1. The van der Waals surface area contributed by atoms with Crippen LogP contribution in [0.5, 0.6) is 0 Å². The summed E-state index contributed by atoms with van der Waals surface area (Å²) in [5.41, 5.74) is 1.62. The third-order valence-corrected chi connectivity index (χ3v) is 5.95. The van der Waals surface area contributed by atoms with E-state index >= 15 is 0 Å². The maximum atomic E-state index is 13.7. The zero-order valence-corrected chi connectivity index (χ0v) is 17.2. The minimum Gasteiger partial charge on any atom is -0.360 e. The van der Waals surface area contributed by atoms with E-state index in [1.165, 1.54) is 0 Å². The second-order valence-electron chi connectivity index (χ2n) is 7.93. The van der Waals surface area contributed by atoms with Crippen LogP contribution >= 0.6 is 0 Å². The average molecular weight is 423 g/mol. The molecule has 0 saturated carbocycles. The molecule has 1 unspecified atom stereocenters. The van der Waals surface area contributed by atoms with E-state index in [0.717, 1.165) is 21.4 Å². The average Bonchev–Trinajstić information content (AvgIpc) is 3.36. The molecular formula is C26H21N3O3. The van der Waals surface area contributed by atoms with Crippen molar-refractivity contribution < 1.29 is 14.4 Å². The van der Waals surface area contributed by atoms with Gasteiger partial charge in [0.1, 0.15) is 0 Å². The van der Waals surface area contributed by atoms with E-state index in [1.54, 1.807) is 6.20 Å². The number of carbonyl (C=O) groups excluding carboxylic acids is 3. The van der Waals surface area contributed by atoms with Crippen LogP contribution in [0.3, 0.4) is 0 Å². The SMILES string of the molecule is O=C(CN1C(=O)NC(Cc2ccccc2)(c2ccccc2)C1=O)c1c[nH]c2ccccc12. The van der Waals surface area contributed by atoms with Gasteiger partial charge in [-0.05, 0) is 17.2 Å². The van der Waals surface area contributed by atoms with E-state index in [1.807, 2.05) is 84.9 Å². The van der Waals surface area contributed by atoms with Gasteiger partial charge < -0.3 is 10.3 Å². The Labute approximate surface area is 184 Å². The van der Waals surface area contributed by atoms with Crippen molar-refractivity contribution in [3.63, 3.8) is 0 Å². The number of aromatic amines is 1. The predicted molar refractivity (Wildman–Crippen MR) is 121 cm³/mol. The van der Waals surface area contributed by atoms with Gasteiger partial charge >= 0.3 is 6.03 Å². The number of ketones is 1. The van der Waals surface area contributed by atoms with Gasteiger partial charge in [-0.25, -0.2) is 4.79 Å². The summed E-state index contributed by atoms with van der Waals surface area (Å²) in [6.45, 7) is -0.324. The fraction of sp³-hybridized carbons (Fsp3) is 0.115. The minimum atomic E-state index is -1.26. The minimum absolute atomic E-state index is 0.292. The van der Waals surface area contributed by atoms with Crippen LogP contribution in [0.4, 0.5) is 4.79 Å². The number of rotatable bonds is 6. The maximum Gasteiger partial charge on any atom is 0.325 e. The largest absolute Gasteiger partial charge is 0.360 e. The standard InChI is InChI=1S/C26H21N3O3/c30-23(21-16-27-22-14-8-7-13-20(21)22)17-29-24(31)26(28-25(29)32,19-11-5-2-6-12-19)15-18-9-3-1-4-10-18/h1-14,16,27H,15,17H2,(H,28,32). The van der Waals surface area contributed by atoms with Crippen molar-refractivity contribution in [3.05, 3.63) is 108 Å². The molecule has 0 aliphatic carbocycles. The number of amides is 3. The number of benzene rings is 3. The Hall–Kier alpha value is -4.19. The molecule has 1 aliphatic rings. The van der Waals surface area contributed by atoms with Gasteiger partial charge in [-0.3, -0.25) is 14.5 Å². The highest BCUT2D eigenvalue weighted by Crippen LogP contribution is 2.33. The van der Waals surface area contributed by atoms with Crippen LogP contribution in [-0.4, -0.2) is 34.2 Å². The van der Waals surface area contributed by atoms with Gasteiger partial charge in [-0.1, -0.05) is 78.9 Å². The van der Waals surface area contributed by atoms with Crippen molar-refractivity contribution >= 4 is 28.6 Å². The number of H-pyrrole nitrogens is 1. The Kier molecular flexibility index (Phi) is 4.82. The summed E-state index contributed by atoms with van der Waals surface area (Å²) in [5, 5.41) is 3.66. The number of hydrogen-bond acceptors (Lipinski definition) is 3. The lowest BCUT2D eigenvalue weighted by Gasteiger charge is -2.27. The molecule has 2 heterocycles. The third kappa shape index (κ3) is 3.26. The number of aromatic nitrogens is 1. The summed E-state index contributed by atoms with van der Waals surface area (Å²) in [6.07, 6.45) is 1.92. The zero-order valence-electron chi connectivity index (χ0n) is 17.2. The molecule has 1 saturated heterocycles. The predicted octanol–water partition coefficient (Wildman–Crippen LogP) is 4.04. The van der Waals surface area contributed by atoms with Crippen LogP contribution in [0.1, 0.15) is 21.5 Å². The summed E-state index contributed by atoms with van der Waals surface area (Å²) in [5.74, 6) is -0.722. The molecule has 1 aliphatic heterocycles. The van der Waals surface area contributed by atoms with E-state index in [2.05, 4.69) is 10.3 Å². The second-order valence-corrected chi connectivity index (χ2v) is 7.93. The number of fused-ring (bicyclic) bond motifs is 1. The topological polar surface area (TPSA) is 82.3 Å². The van der Waals surface area contributed by atoms with Crippen LogP contribution in [-0.2, 0) is 16.8 Å². The van der Waals surface area contributed by atoms with Gasteiger partial charge in [0.05, 0.1) is 6.54 Å². The van der Waals surface area contributed by atoms with Gasteiger partial charge in [-0.15, -0.1) is 0 Å². The molecule has 1 atom stereocenters. The Morgan fingerprint density at radius 2 is 1.50 bits per heavy atom. The number of hydrogen-bond donors (Lipinski definition) is 2. The van der Waals surface area contributed by atoms with Gasteiger partial charge in [0.15, 0.2) is 11.3 Å². The first kappa shape index (κ1) is 19.8. The van der Waals surface area contributed by atoms with E-state index in [9.17, 15) is 14.4 Å². The van der Waals surface area contributed by atoms with E-state index < -0.39 is 17.5 Å². The molecule has 3 amide bonds. The zero-order chi connectivity index (χ0) is 22.1. The van der Waals surface area contributed by atoms with Crippen molar-refractivity contribution in [2.45, 2.75) is 12.0 Å². The molecule has 0 spiro atoms. The van der Waals surface area contributed by atoms with Crippen LogP contribution in [0.15, 0.2) is 91.1 Å². The molecule has 158 valence electrons. The molecule has 5 rings (SSSR count). The first-order chi connectivity index (χ1) is 15.6. The second kappa shape index (κ2) is 7.81. The first-order valence-electron chi connectivity index (χ1n) is 10.4. The molecule has 4 aromatic rings. The summed E-state index contributed by atoms with van der Waals surface area (Å²) in [7, 11) is 0. The van der Waals surface area contributed by atoms with E-state index in [4.69, 9.17) is 0 Å². The van der Waals surface area contributed by atoms with Crippen molar-refractivity contribution in [1.82, 2.24) is 15.2 Å². The number of para-hydroxylation sites is 1. The van der Waals surface area contributed by atoms with Crippen LogP contribution < -0.4 is 5.32 Å². The monoisotopic (exact) mass is 423 g/mol. The van der Waals surface area contributed by atoms with Gasteiger partial charge in [0.25, 0.3) is 5.91 Å². The van der Waals surface area contributed by atoms with Crippen molar-refractivity contribution in [2.24, 2.45) is 0 Å². The lowest BCUT2D eigenvalue weighted by Crippen LogP contribution is -2.46. The molecule has 32 heavy (non-hydrogen) atoms. The molecule has 6 nitrogen and oxygen atoms in total.